The second-order valence-corrected chi connectivity index (χ2v) is 6.39. The molecule has 2 atom stereocenters. The highest BCUT2D eigenvalue weighted by molar-refractivity contribution is 7.10. The standard InChI is InChI=1S/C17H23NS/c1-13(2)16(15-8-5-4-6-9-15)12-18-14(3)17-10-7-11-19-17/h4-11,13-14,16,18H,12H2,1-3H3. The van der Waals surface area contributed by atoms with Crippen molar-refractivity contribution >= 4 is 11.3 Å². The zero-order valence-corrected chi connectivity index (χ0v) is 12.8. The predicted molar refractivity (Wildman–Crippen MR) is 84.8 cm³/mol. The van der Waals surface area contributed by atoms with Crippen LogP contribution in [0.1, 0.15) is 43.2 Å². The second-order valence-electron chi connectivity index (χ2n) is 5.41. The van der Waals surface area contributed by atoms with Gasteiger partial charge in [0.05, 0.1) is 0 Å². The maximum atomic E-state index is 3.68. The van der Waals surface area contributed by atoms with Crippen molar-refractivity contribution in [2.24, 2.45) is 5.92 Å². The van der Waals surface area contributed by atoms with E-state index in [-0.39, 0.29) is 0 Å². The van der Waals surface area contributed by atoms with Crippen LogP contribution in [0.15, 0.2) is 47.8 Å². The van der Waals surface area contributed by atoms with E-state index >= 15 is 0 Å². The van der Waals surface area contributed by atoms with Crippen molar-refractivity contribution in [2.45, 2.75) is 32.7 Å². The summed E-state index contributed by atoms with van der Waals surface area (Å²) in [6, 6.07) is 15.6. The Kier molecular flexibility index (Phi) is 5.17. The predicted octanol–water partition coefficient (Wildman–Crippen LogP) is 4.84. The molecule has 2 aromatic rings. The summed E-state index contributed by atoms with van der Waals surface area (Å²) in [5.41, 5.74) is 1.43. The Morgan fingerprint density at radius 3 is 2.32 bits per heavy atom. The molecule has 1 N–H and O–H groups in total. The molecule has 0 aliphatic heterocycles. The molecular formula is C17H23NS. The van der Waals surface area contributed by atoms with Gasteiger partial charge in [0.1, 0.15) is 0 Å². The average molecular weight is 273 g/mol. The molecule has 0 fully saturated rings. The minimum absolute atomic E-state index is 0.435. The van der Waals surface area contributed by atoms with Crippen LogP contribution in [0.3, 0.4) is 0 Å². The molecule has 0 radical (unpaired) electrons. The lowest BCUT2D eigenvalue weighted by Gasteiger charge is -2.24. The summed E-state index contributed by atoms with van der Waals surface area (Å²) in [5, 5.41) is 5.82. The summed E-state index contributed by atoms with van der Waals surface area (Å²) >= 11 is 1.82. The van der Waals surface area contributed by atoms with E-state index in [0.29, 0.717) is 17.9 Å². The monoisotopic (exact) mass is 273 g/mol. The van der Waals surface area contributed by atoms with Gasteiger partial charge in [-0.15, -0.1) is 11.3 Å². The fourth-order valence-electron chi connectivity index (χ4n) is 2.38. The maximum absolute atomic E-state index is 3.68. The third kappa shape index (κ3) is 3.92. The molecule has 2 rings (SSSR count). The van der Waals surface area contributed by atoms with Gasteiger partial charge in [-0.25, -0.2) is 0 Å². The van der Waals surface area contributed by atoms with Gasteiger partial charge in [0.15, 0.2) is 0 Å². The lowest BCUT2D eigenvalue weighted by atomic mass is 9.88. The molecule has 102 valence electrons. The largest absolute Gasteiger partial charge is 0.309 e. The summed E-state index contributed by atoms with van der Waals surface area (Å²) in [4.78, 5) is 1.41. The Morgan fingerprint density at radius 2 is 1.74 bits per heavy atom. The fourth-order valence-corrected chi connectivity index (χ4v) is 3.14. The SMILES string of the molecule is CC(NCC(c1ccccc1)C(C)C)c1cccs1. The van der Waals surface area contributed by atoms with Crippen molar-refractivity contribution in [3.8, 4) is 0 Å². The molecular weight excluding hydrogens is 250 g/mol. The normalized spacial score (nSPS) is 14.5. The molecule has 0 saturated heterocycles. The Hall–Kier alpha value is -1.12. The van der Waals surface area contributed by atoms with Crippen LogP contribution in [0.2, 0.25) is 0 Å². The van der Waals surface area contributed by atoms with Crippen molar-refractivity contribution in [1.82, 2.24) is 5.32 Å². The Balaban J connectivity index is 1.98. The minimum atomic E-state index is 0.435. The molecule has 2 heteroatoms. The van der Waals surface area contributed by atoms with E-state index in [1.54, 1.807) is 0 Å². The van der Waals surface area contributed by atoms with Gasteiger partial charge < -0.3 is 5.32 Å². The van der Waals surface area contributed by atoms with Crippen molar-refractivity contribution in [3.05, 3.63) is 58.3 Å². The third-order valence-electron chi connectivity index (χ3n) is 3.65. The van der Waals surface area contributed by atoms with Gasteiger partial charge in [0, 0.05) is 17.5 Å². The molecule has 0 saturated carbocycles. The molecule has 1 heterocycles. The third-order valence-corrected chi connectivity index (χ3v) is 4.70. The Bertz CT molecular complexity index is 461. The number of benzene rings is 1. The molecule has 0 spiro atoms. The van der Waals surface area contributed by atoms with Gasteiger partial charge >= 0.3 is 0 Å². The second kappa shape index (κ2) is 6.88. The number of hydrogen-bond acceptors (Lipinski definition) is 2. The topological polar surface area (TPSA) is 12.0 Å². The van der Waals surface area contributed by atoms with Crippen LogP contribution in [0, 0.1) is 5.92 Å². The van der Waals surface area contributed by atoms with Gasteiger partial charge in [0.25, 0.3) is 0 Å². The van der Waals surface area contributed by atoms with Crippen LogP contribution in [-0.4, -0.2) is 6.54 Å². The van der Waals surface area contributed by atoms with Gasteiger partial charge in [-0.2, -0.15) is 0 Å². The Morgan fingerprint density at radius 1 is 1.00 bits per heavy atom. The van der Waals surface area contributed by atoms with E-state index in [1.807, 2.05) is 11.3 Å². The van der Waals surface area contributed by atoms with Gasteiger partial charge in [-0.3, -0.25) is 0 Å². The molecule has 19 heavy (non-hydrogen) atoms. The first-order valence-electron chi connectivity index (χ1n) is 7.00. The van der Waals surface area contributed by atoms with Gasteiger partial charge in [0.2, 0.25) is 0 Å². The van der Waals surface area contributed by atoms with Crippen LogP contribution in [-0.2, 0) is 0 Å². The summed E-state index contributed by atoms with van der Waals surface area (Å²) in [7, 11) is 0. The van der Waals surface area contributed by atoms with Crippen LogP contribution in [0.25, 0.3) is 0 Å². The van der Waals surface area contributed by atoms with Crippen LogP contribution in [0.4, 0.5) is 0 Å². The van der Waals surface area contributed by atoms with E-state index in [1.165, 1.54) is 10.4 Å². The first-order chi connectivity index (χ1) is 9.18. The molecule has 1 aromatic heterocycles. The lowest BCUT2D eigenvalue weighted by Crippen LogP contribution is -2.26. The van der Waals surface area contributed by atoms with Crippen molar-refractivity contribution in [1.29, 1.82) is 0 Å². The molecule has 0 aliphatic rings. The Labute approximate surface area is 120 Å². The van der Waals surface area contributed by atoms with Crippen LogP contribution >= 0.6 is 11.3 Å². The van der Waals surface area contributed by atoms with E-state index in [2.05, 4.69) is 73.9 Å². The average Bonchev–Trinajstić information content (AvgIpc) is 2.93. The number of nitrogens with one attached hydrogen (secondary N) is 1. The highest BCUT2D eigenvalue weighted by Gasteiger charge is 2.17. The highest BCUT2D eigenvalue weighted by Crippen LogP contribution is 2.25. The van der Waals surface area contributed by atoms with Crippen LogP contribution < -0.4 is 5.32 Å². The molecule has 2 unspecified atom stereocenters. The number of thiophene rings is 1. The molecule has 0 amide bonds. The van der Waals surface area contributed by atoms with E-state index in [9.17, 15) is 0 Å². The minimum Gasteiger partial charge on any atom is -0.309 e. The van der Waals surface area contributed by atoms with Crippen LogP contribution in [0.5, 0.6) is 0 Å². The molecule has 0 bridgehead atoms. The summed E-state index contributed by atoms with van der Waals surface area (Å²) in [6.45, 7) is 7.87. The lowest BCUT2D eigenvalue weighted by molar-refractivity contribution is 0.438. The van der Waals surface area contributed by atoms with E-state index in [0.717, 1.165) is 6.54 Å². The maximum Gasteiger partial charge on any atom is 0.0386 e. The summed E-state index contributed by atoms with van der Waals surface area (Å²) in [6.07, 6.45) is 0. The molecule has 1 nitrogen and oxygen atoms in total. The molecule has 1 aromatic carbocycles. The first kappa shape index (κ1) is 14.3. The van der Waals surface area contributed by atoms with Crippen molar-refractivity contribution in [2.75, 3.05) is 6.54 Å². The van der Waals surface area contributed by atoms with Gasteiger partial charge in [-0.05, 0) is 35.8 Å². The first-order valence-corrected chi connectivity index (χ1v) is 7.88. The number of rotatable bonds is 6. The van der Waals surface area contributed by atoms with Gasteiger partial charge in [-0.1, -0.05) is 50.2 Å². The molecule has 0 aliphatic carbocycles. The quantitative estimate of drug-likeness (QED) is 0.794. The summed E-state index contributed by atoms with van der Waals surface area (Å²) < 4.78 is 0. The number of hydrogen-bond donors (Lipinski definition) is 1. The summed E-state index contributed by atoms with van der Waals surface area (Å²) in [5.74, 6) is 1.22. The van der Waals surface area contributed by atoms with Crippen molar-refractivity contribution < 1.29 is 0 Å². The van der Waals surface area contributed by atoms with Crippen molar-refractivity contribution in [3.63, 3.8) is 0 Å². The van der Waals surface area contributed by atoms with E-state index < -0.39 is 0 Å². The zero-order chi connectivity index (χ0) is 13.7. The smallest absolute Gasteiger partial charge is 0.0386 e. The fraction of sp³-hybridized carbons (Fsp3) is 0.412. The van der Waals surface area contributed by atoms with E-state index in [4.69, 9.17) is 0 Å². The zero-order valence-electron chi connectivity index (χ0n) is 12.0. The highest BCUT2D eigenvalue weighted by atomic mass is 32.1.